The molecule has 27 heavy (non-hydrogen) atoms. The van der Waals surface area contributed by atoms with Crippen molar-refractivity contribution < 1.29 is 8.42 Å². The first-order valence-corrected chi connectivity index (χ1v) is 10.3. The van der Waals surface area contributed by atoms with E-state index in [9.17, 15) is 8.42 Å². The summed E-state index contributed by atoms with van der Waals surface area (Å²) in [6.45, 7) is 0.765. The van der Waals surface area contributed by atoms with Gasteiger partial charge in [0, 0.05) is 26.3 Å². The summed E-state index contributed by atoms with van der Waals surface area (Å²) in [5.41, 5.74) is 1.74. The summed E-state index contributed by atoms with van der Waals surface area (Å²) in [5, 5.41) is 6.83. The average molecular weight is 407 g/mol. The predicted octanol–water partition coefficient (Wildman–Crippen LogP) is 2.53. The first-order chi connectivity index (χ1) is 12.7. The second-order valence-electron chi connectivity index (χ2n) is 6.64. The Labute approximate surface area is 167 Å². The molecule has 2 rings (SSSR count). The third kappa shape index (κ3) is 6.00. The molecule has 0 radical (unpaired) electrons. The Morgan fingerprint density at radius 1 is 1.04 bits per heavy atom. The molecule has 0 aliphatic rings. The van der Waals surface area contributed by atoms with E-state index in [-0.39, 0.29) is 10.9 Å². The highest BCUT2D eigenvalue weighted by Gasteiger charge is 2.18. The highest BCUT2D eigenvalue weighted by molar-refractivity contribution is 7.89. The first kappa shape index (κ1) is 21.3. The summed E-state index contributed by atoms with van der Waals surface area (Å²) in [6.07, 6.45) is 0. The average Bonchev–Trinajstić information content (AvgIpc) is 2.61. The van der Waals surface area contributed by atoms with Crippen LogP contribution in [0.5, 0.6) is 0 Å². The van der Waals surface area contributed by atoms with Crippen LogP contribution in [0.4, 0.5) is 5.69 Å². The molecule has 0 aliphatic heterocycles. The van der Waals surface area contributed by atoms with E-state index in [2.05, 4.69) is 15.5 Å². The molecule has 2 aromatic rings. The van der Waals surface area contributed by atoms with E-state index >= 15 is 0 Å². The molecule has 2 aromatic carbocycles. The van der Waals surface area contributed by atoms with Gasteiger partial charge in [0.25, 0.3) is 0 Å². The lowest BCUT2D eigenvalue weighted by Gasteiger charge is -2.24. The lowest BCUT2D eigenvalue weighted by Crippen LogP contribution is -2.37. The topological polar surface area (TPSA) is 64.7 Å². The van der Waals surface area contributed by atoms with Gasteiger partial charge in [-0.3, -0.25) is 0 Å². The first-order valence-electron chi connectivity index (χ1n) is 8.50. The van der Waals surface area contributed by atoms with Crippen LogP contribution in [-0.2, 0) is 10.0 Å². The third-order valence-corrected chi connectivity index (χ3v) is 5.96. The summed E-state index contributed by atoms with van der Waals surface area (Å²) in [6, 6.07) is 16.7. The number of hydrogen-bond acceptors (Lipinski definition) is 4. The molecule has 8 heteroatoms. The smallest absolute Gasteiger partial charge is 0.242 e. The number of benzene rings is 2. The fourth-order valence-electron chi connectivity index (χ4n) is 2.56. The number of nitrogens with one attached hydrogen (secondary N) is 2. The zero-order valence-corrected chi connectivity index (χ0v) is 17.6. The van der Waals surface area contributed by atoms with E-state index in [1.165, 1.54) is 18.4 Å². The van der Waals surface area contributed by atoms with Crippen LogP contribution in [0.25, 0.3) is 0 Å². The van der Waals surface area contributed by atoms with Crippen molar-refractivity contribution in [1.82, 2.24) is 14.5 Å². The van der Waals surface area contributed by atoms with Crippen LogP contribution in [0.1, 0.15) is 11.6 Å². The van der Waals surface area contributed by atoms with Gasteiger partial charge in [-0.1, -0.05) is 36.4 Å². The number of anilines is 1. The van der Waals surface area contributed by atoms with Gasteiger partial charge in [-0.2, -0.15) is 0 Å². The van der Waals surface area contributed by atoms with Gasteiger partial charge in [-0.15, -0.1) is 0 Å². The summed E-state index contributed by atoms with van der Waals surface area (Å²) in [4.78, 5) is 2.30. The van der Waals surface area contributed by atoms with Gasteiger partial charge in [0.15, 0.2) is 5.11 Å². The zero-order chi connectivity index (χ0) is 20.0. The number of thiocarbonyl (C=S) groups is 1. The van der Waals surface area contributed by atoms with E-state index in [4.69, 9.17) is 12.2 Å². The third-order valence-electron chi connectivity index (χ3n) is 3.93. The molecule has 146 valence electrons. The minimum atomic E-state index is -3.49. The van der Waals surface area contributed by atoms with Crippen LogP contribution >= 0.6 is 12.2 Å². The van der Waals surface area contributed by atoms with Crippen LogP contribution in [-0.4, -0.2) is 57.5 Å². The Hall–Kier alpha value is -2.00. The second-order valence-corrected chi connectivity index (χ2v) is 9.20. The summed E-state index contributed by atoms with van der Waals surface area (Å²) in [5.74, 6) is 0. The maximum absolute atomic E-state index is 12.3. The molecule has 6 nitrogen and oxygen atoms in total. The molecule has 0 saturated carbocycles. The van der Waals surface area contributed by atoms with Gasteiger partial charge < -0.3 is 15.5 Å². The molecule has 0 bridgehead atoms. The van der Waals surface area contributed by atoms with Crippen LogP contribution in [0.2, 0.25) is 0 Å². The van der Waals surface area contributed by atoms with Crippen molar-refractivity contribution in [2.24, 2.45) is 0 Å². The predicted molar refractivity (Wildman–Crippen MR) is 114 cm³/mol. The van der Waals surface area contributed by atoms with E-state index in [0.29, 0.717) is 10.8 Å². The van der Waals surface area contributed by atoms with E-state index in [1.54, 1.807) is 24.3 Å². The minimum absolute atomic E-state index is 0.00916. The van der Waals surface area contributed by atoms with Crippen LogP contribution < -0.4 is 10.6 Å². The Morgan fingerprint density at radius 3 is 2.30 bits per heavy atom. The van der Waals surface area contributed by atoms with Crippen molar-refractivity contribution in [2.45, 2.75) is 10.9 Å². The maximum atomic E-state index is 12.3. The molecule has 0 spiro atoms. The zero-order valence-electron chi connectivity index (χ0n) is 16.0. The number of likely N-dealkylation sites (N-methyl/N-ethyl adjacent to an activating group) is 1. The van der Waals surface area contributed by atoms with Crippen molar-refractivity contribution in [3.63, 3.8) is 0 Å². The monoisotopic (exact) mass is 406 g/mol. The highest BCUT2D eigenvalue weighted by atomic mass is 32.2. The quantitative estimate of drug-likeness (QED) is 0.689. The SMILES string of the molecule is CN(C)C[C@H](NC(=S)Nc1cccc(S(=O)(=O)N(C)C)c1)c1ccccc1. The number of rotatable bonds is 7. The fourth-order valence-corrected chi connectivity index (χ4v) is 3.76. The Kier molecular flexibility index (Phi) is 7.32. The lowest BCUT2D eigenvalue weighted by atomic mass is 10.1. The van der Waals surface area contributed by atoms with Crippen molar-refractivity contribution in [1.29, 1.82) is 0 Å². The Morgan fingerprint density at radius 2 is 1.70 bits per heavy atom. The Balaban J connectivity index is 2.14. The molecular formula is C19H26N4O2S2. The summed E-state index contributed by atoms with van der Waals surface area (Å²) in [7, 11) is 3.53. The van der Waals surface area contributed by atoms with Crippen LogP contribution in [0.15, 0.2) is 59.5 Å². The standard InChI is InChI=1S/C19H26N4O2S2/c1-22(2)14-18(15-9-6-5-7-10-15)21-19(26)20-16-11-8-12-17(13-16)27(24,25)23(3)4/h5-13,18H,14H2,1-4H3,(H2,20,21,26)/t18-/m0/s1. The van der Waals surface area contributed by atoms with Crippen molar-refractivity contribution in [3.8, 4) is 0 Å². The second kappa shape index (κ2) is 9.27. The molecular weight excluding hydrogens is 380 g/mol. The van der Waals surface area contributed by atoms with Gasteiger partial charge >= 0.3 is 0 Å². The van der Waals surface area contributed by atoms with Crippen molar-refractivity contribution in [2.75, 3.05) is 40.1 Å². The molecule has 2 N–H and O–H groups in total. The molecule has 0 amide bonds. The molecule has 0 aliphatic carbocycles. The normalized spacial score (nSPS) is 12.8. The number of sulfonamides is 1. The van der Waals surface area contributed by atoms with Gasteiger partial charge in [0.2, 0.25) is 10.0 Å². The van der Waals surface area contributed by atoms with Gasteiger partial charge in [0.05, 0.1) is 10.9 Å². The largest absolute Gasteiger partial charge is 0.354 e. The van der Waals surface area contributed by atoms with Gasteiger partial charge in [-0.05, 0) is 50.1 Å². The molecule has 0 unspecified atom stereocenters. The number of nitrogens with zero attached hydrogens (tertiary/aromatic N) is 2. The molecule has 0 aromatic heterocycles. The Bertz CT molecular complexity index is 868. The lowest BCUT2D eigenvalue weighted by molar-refractivity contribution is 0.363. The fraction of sp³-hybridized carbons (Fsp3) is 0.316. The van der Waals surface area contributed by atoms with Crippen molar-refractivity contribution >= 4 is 33.0 Å². The summed E-state index contributed by atoms with van der Waals surface area (Å²) >= 11 is 5.45. The molecule has 0 heterocycles. The van der Waals surface area contributed by atoms with E-state index in [0.717, 1.165) is 12.1 Å². The summed E-state index contributed by atoms with van der Waals surface area (Å²) < 4.78 is 25.8. The maximum Gasteiger partial charge on any atom is 0.242 e. The van der Waals surface area contributed by atoms with E-state index < -0.39 is 10.0 Å². The van der Waals surface area contributed by atoms with Crippen molar-refractivity contribution in [3.05, 3.63) is 60.2 Å². The van der Waals surface area contributed by atoms with Crippen LogP contribution in [0.3, 0.4) is 0 Å². The highest BCUT2D eigenvalue weighted by Crippen LogP contribution is 2.19. The minimum Gasteiger partial charge on any atom is -0.354 e. The molecule has 1 atom stereocenters. The number of hydrogen-bond donors (Lipinski definition) is 2. The van der Waals surface area contributed by atoms with Crippen LogP contribution in [0, 0.1) is 0 Å². The van der Waals surface area contributed by atoms with Gasteiger partial charge in [-0.25, -0.2) is 12.7 Å². The molecule has 0 saturated heterocycles. The molecule has 0 fully saturated rings. The van der Waals surface area contributed by atoms with E-state index in [1.807, 2.05) is 44.4 Å². The van der Waals surface area contributed by atoms with Gasteiger partial charge in [0.1, 0.15) is 0 Å².